The van der Waals surface area contributed by atoms with E-state index in [-0.39, 0.29) is 18.2 Å². The summed E-state index contributed by atoms with van der Waals surface area (Å²) in [6.07, 6.45) is 1.26. The standard InChI is InChI=1S/C14H13ClFN3O/c1-9(4-3-7-17)14-18-13(19-20-14)8-10-11(15)5-2-6-12(10)16/h2,5-6,9H,3-4,8H2,1H3. The van der Waals surface area contributed by atoms with Crippen LogP contribution in [0.3, 0.4) is 0 Å². The van der Waals surface area contributed by atoms with Crippen molar-refractivity contribution in [3.63, 3.8) is 0 Å². The van der Waals surface area contributed by atoms with Gasteiger partial charge in [-0.25, -0.2) is 4.39 Å². The van der Waals surface area contributed by atoms with Crippen LogP contribution >= 0.6 is 11.6 Å². The van der Waals surface area contributed by atoms with Crippen LogP contribution in [0.15, 0.2) is 22.7 Å². The second-order valence-corrected chi connectivity index (χ2v) is 4.93. The summed E-state index contributed by atoms with van der Waals surface area (Å²) in [6.45, 7) is 1.91. The van der Waals surface area contributed by atoms with E-state index in [4.69, 9.17) is 21.4 Å². The monoisotopic (exact) mass is 293 g/mol. The topological polar surface area (TPSA) is 62.7 Å². The molecule has 0 aliphatic rings. The van der Waals surface area contributed by atoms with Crippen molar-refractivity contribution < 1.29 is 8.91 Å². The maximum absolute atomic E-state index is 13.7. The van der Waals surface area contributed by atoms with Crippen LogP contribution in [0.2, 0.25) is 5.02 Å². The Kier molecular flexibility index (Phi) is 4.70. The van der Waals surface area contributed by atoms with Gasteiger partial charge >= 0.3 is 0 Å². The Labute approximate surface area is 121 Å². The minimum atomic E-state index is -0.388. The van der Waals surface area contributed by atoms with Gasteiger partial charge in [-0.15, -0.1) is 0 Å². The molecule has 0 radical (unpaired) electrons. The number of aromatic nitrogens is 2. The van der Waals surface area contributed by atoms with Gasteiger partial charge in [0.05, 0.1) is 6.07 Å². The van der Waals surface area contributed by atoms with Gasteiger partial charge in [0.15, 0.2) is 5.82 Å². The SMILES string of the molecule is CC(CCC#N)c1nc(Cc2c(F)cccc2Cl)no1. The van der Waals surface area contributed by atoms with Crippen molar-refractivity contribution in [3.05, 3.63) is 46.3 Å². The Hall–Kier alpha value is -1.93. The fourth-order valence-corrected chi connectivity index (χ4v) is 2.03. The summed E-state index contributed by atoms with van der Waals surface area (Å²) in [6, 6.07) is 6.59. The zero-order valence-corrected chi connectivity index (χ0v) is 11.7. The van der Waals surface area contributed by atoms with Crippen LogP contribution in [0.5, 0.6) is 0 Å². The molecule has 0 aliphatic carbocycles. The van der Waals surface area contributed by atoms with Crippen LogP contribution < -0.4 is 0 Å². The van der Waals surface area contributed by atoms with Gasteiger partial charge < -0.3 is 4.52 Å². The van der Waals surface area contributed by atoms with E-state index >= 15 is 0 Å². The second-order valence-electron chi connectivity index (χ2n) is 4.52. The maximum atomic E-state index is 13.7. The van der Waals surface area contributed by atoms with Gasteiger partial charge in [0, 0.05) is 29.3 Å². The molecule has 0 amide bonds. The molecule has 1 unspecified atom stereocenters. The molecule has 2 aromatic rings. The minimum Gasteiger partial charge on any atom is -0.339 e. The second kappa shape index (κ2) is 6.49. The van der Waals surface area contributed by atoms with E-state index in [1.807, 2.05) is 6.92 Å². The molecule has 0 spiro atoms. The number of halogens is 2. The third-order valence-corrected chi connectivity index (χ3v) is 3.35. The van der Waals surface area contributed by atoms with Crippen LogP contribution in [-0.4, -0.2) is 10.1 Å². The van der Waals surface area contributed by atoms with E-state index in [2.05, 4.69) is 16.2 Å². The van der Waals surface area contributed by atoms with Crippen LogP contribution in [0.25, 0.3) is 0 Å². The fraction of sp³-hybridized carbons (Fsp3) is 0.357. The third kappa shape index (κ3) is 3.34. The summed E-state index contributed by atoms with van der Waals surface area (Å²) in [5.74, 6) is 0.465. The quantitative estimate of drug-likeness (QED) is 0.839. The van der Waals surface area contributed by atoms with Crippen LogP contribution in [0.1, 0.15) is 43.0 Å². The Morgan fingerprint density at radius 3 is 3.00 bits per heavy atom. The molecule has 1 atom stereocenters. The third-order valence-electron chi connectivity index (χ3n) is 2.99. The van der Waals surface area contributed by atoms with Crippen molar-refractivity contribution in [1.29, 1.82) is 5.26 Å². The van der Waals surface area contributed by atoms with Crippen molar-refractivity contribution in [2.75, 3.05) is 0 Å². The predicted molar refractivity (Wildman–Crippen MR) is 71.8 cm³/mol. The Balaban J connectivity index is 2.12. The van der Waals surface area contributed by atoms with Gasteiger partial charge in [0.25, 0.3) is 0 Å². The average molecular weight is 294 g/mol. The summed E-state index contributed by atoms with van der Waals surface area (Å²) in [4.78, 5) is 4.23. The highest BCUT2D eigenvalue weighted by atomic mass is 35.5. The van der Waals surface area contributed by atoms with Crippen molar-refractivity contribution >= 4 is 11.6 Å². The number of benzene rings is 1. The summed E-state index contributed by atoms with van der Waals surface area (Å²) < 4.78 is 18.8. The molecule has 1 heterocycles. The zero-order valence-electron chi connectivity index (χ0n) is 10.9. The van der Waals surface area contributed by atoms with Crippen molar-refractivity contribution in [1.82, 2.24) is 10.1 Å². The number of nitrogens with zero attached hydrogens (tertiary/aromatic N) is 3. The molecule has 0 aliphatic heterocycles. The highest BCUT2D eigenvalue weighted by Gasteiger charge is 2.16. The molecule has 104 valence electrons. The van der Waals surface area contributed by atoms with E-state index in [0.717, 1.165) is 0 Å². The molecule has 0 saturated heterocycles. The molecule has 2 rings (SSSR count). The molecular weight excluding hydrogens is 281 g/mol. The smallest absolute Gasteiger partial charge is 0.229 e. The van der Waals surface area contributed by atoms with E-state index in [1.54, 1.807) is 12.1 Å². The van der Waals surface area contributed by atoms with E-state index < -0.39 is 0 Å². The maximum Gasteiger partial charge on any atom is 0.229 e. The summed E-state index contributed by atoms with van der Waals surface area (Å²) >= 11 is 5.96. The Morgan fingerprint density at radius 1 is 1.50 bits per heavy atom. The minimum absolute atomic E-state index is 0.00647. The van der Waals surface area contributed by atoms with E-state index in [9.17, 15) is 4.39 Å². The molecule has 6 heteroatoms. The zero-order chi connectivity index (χ0) is 14.5. The normalized spacial score (nSPS) is 12.1. The van der Waals surface area contributed by atoms with E-state index in [1.165, 1.54) is 6.07 Å². The van der Waals surface area contributed by atoms with Gasteiger partial charge in [-0.1, -0.05) is 29.7 Å². The lowest BCUT2D eigenvalue weighted by atomic mass is 10.1. The van der Waals surface area contributed by atoms with Crippen molar-refractivity contribution in [2.24, 2.45) is 0 Å². The summed E-state index contributed by atoms with van der Waals surface area (Å²) in [5.41, 5.74) is 0.353. The number of nitriles is 1. The molecule has 1 aromatic heterocycles. The summed E-state index contributed by atoms with van der Waals surface area (Å²) in [7, 11) is 0. The first-order chi connectivity index (χ1) is 9.61. The fourth-order valence-electron chi connectivity index (χ4n) is 1.80. The molecular formula is C14H13ClFN3O. The largest absolute Gasteiger partial charge is 0.339 e. The number of hydrogen-bond donors (Lipinski definition) is 0. The number of hydrogen-bond acceptors (Lipinski definition) is 4. The molecule has 0 bridgehead atoms. The van der Waals surface area contributed by atoms with Crippen molar-refractivity contribution in [3.8, 4) is 6.07 Å². The predicted octanol–water partition coefficient (Wildman–Crippen LogP) is 3.86. The first-order valence-electron chi connectivity index (χ1n) is 6.24. The molecule has 20 heavy (non-hydrogen) atoms. The highest BCUT2D eigenvalue weighted by molar-refractivity contribution is 6.31. The first-order valence-corrected chi connectivity index (χ1v) is 6.62. The summed E-state index contributed by atoms with van der Waals surface area (Å²) in [5, 5.41) is 12.7. The van der Waals surface area contributed by atoms with Gasteiger partial charge in [-0.2, -0.15) is 10.2 Å². The molecule has 0 N–H and O–H groups in total. The average Bonchev–Trinajstić information content (AvgIpc) is 2.89. The van der Waals surface area contributed by atoms with Crippen molar-refractivity contribution in [2.45, 2.75) is 32.1 Å². The van der Waals surface area contributed by atoms with Gasteiger partial charge in [-0.05, 0) is 18.6 Å². The molecule has 4 nitrogen and oxygen atoms in total. The lowest BCUT2D eigenvalue weighted by molar-refractivity contribution is 0.351. The Morgan fingerprint density at radius 2 is 2.30 bits per heavy atom. The molecule has 1 aromatic carbocycles. The van der Waals surface area contributed by atoms with Crippen LogP contribution in [0.4, 0.5) is 4.39 Å². The lowest BCUT2D eigenvalue weighted by Gasteiger charge is -2.02. The lowest BCUT2D eigenvalue weighted by Crippen LogP contribution is -1.97. The van der Waals surface area contributed by atoms with Crippen LogP contribution in [-0.2, 0) is 6.42 Å². The van der Waals surface area contributed by atoms with Crippen LogP contribution in [0, 0.1) is 17.1 Å². The Bertz CT molecular complexity index is 615. The highest BCUT2D eigenvalue weighted by Crippen LogP contribution is 2.23. The first kappa shape index (κ1) is 14.5. The van der Waals surface area contributed by atoms with Gasteiger partial charge in [0.2, 0.25) is 5.89 Å². The van der Waals surface area contributed by atoms with E-state index in [0.29, 0.717) is 35.1 Å². The van der Waals surface area contributed by atoms with Gasteiger partial charge in [-0.3, -0.25) is 0 Å². The van der Waals surface area contributed by atoms with Gasteiger partial charge in [0.1, 0.15) is 5.82 Å². The molecule has 0 fully saturated rings. The molecule has 0 saturated carbocycles. The number of rotatable bonds is 5.